The number of carbonyl (C=O) groups excluding carboxylic acids is 2. The highest BCUT2D eigenvalue weighted by Crippen LogP contribution is 2.43. The molecule has 0 heterocycles. The molecule has 0 radical (unpaired) electrons. The number of hydrogen-bond donors (Lipinski definition) is 2. The van der Waals surface area contributed by atoms with E-state index in [1.165, 1.54) is 70.6 Å². The number of hydrogen-bond acceptors (Lipinski definition) is 8. The van der Waals surface area contributed by atoms with Crippen LogP contribution in [-0.4, -0.2) is 49.3 Å². The number of allylic oxidation sites excluding steroid dienone is 18. The maximum absolute atomic E-state index is 12.7. The van der Waals surface area contributed by atoms with Crippen molar-refractivity contribution >= 4 is 19.8 Å². The van der Waals surface area contributed by atoms with Crippen LogP contribution in [0.2, 0.25) is 0 Å². The van der Waals surface area contributed by atoms with Gasteiger partial charge in [-0.3, -0.25) is 18.6 Å². The van der Waals surface area contributed by atoms with E-state index in [4.69, 9.17) is 24.3 Å². The van der Waals surface area contributed by atoms with Crippen LogP contribution in [0.3, 0.4) is 0 Å². The Balaban J connectivity index is 4.06. The molecule has 0 saturated heterocycles. The predicted octanol–water partition coefficient (Wildman–Crippen LogP) is 17.1. The molecule has 2 atom stereocenters. The Hall–Kier alpha value is -3.33. The molecule has 0 rings (SSSR count). The number of phosphoric acid groups is 1. The number of phosphoric ester groups is 1. The van der Waals surface area contributed by atoms with Crippen molar-refractivity contribution in [3.8, 4) is 0 Å². The van der Waals surface area contributed by atoms with E-state index < -0.39 is 32.5 Å². The average molecular weight is 982 g/mol. The largest absolute Gasteiger partial charge is 0.472 e. The molecule has 0 saturated carbocycles. The van der Waals surface area contributed by atoms with Gasteiger partial charge in [-0.25, -0.2) is 4.57 Å². The number of rotatable bonds is 50. The van der Waals surface area contributed by atoms with Crippen LogP contribution in [-0.2, 0) is 32.7 Å². The SMILES string of the molecule is CC/C=C\C/C=C\C/C=C\C/C=C\C/C=C\CCCCCCCCCCCC(=O)OC(COC(=O)CCCCCCCCCCCC/C=C\C/C=C\C/C=C\C/C=C\CC)COP(=O)(O)OCCN. The Morgan fingerprint density at radius 2 is 0.754 bits per heavy atom. The van der Waals surface area contributed by atoms with E-state index in [2.05, 4.69) is 123 Å². The molecular weight excluding hydrogens is 882 g/mol. The first kappa shape index (κ1) is 65.7. The molecule has 3 N–H and O–H groups in total. The third-order valence-corrected chi connectivity index (χ3v) is 12.1. The van der Waals surface area contributed by atoms with Crippen LogP contribution in [0.5, 0.6) is 0 Å². The van der Waals surface area contributed by atoms with E-state index in [1.807, 2.05) is 0 Å². The van der Waals surface area contributed by atoms with Gasteiger partial charge in [-0.05, 0) is 96.3 Å². The highest BCUT2D eigenvalue weighted by Gasteiger charge is 2.26. The lowest BCUT2D eigenvalue weighted by molar-refractivity contribution is -0.161. The summed E-state index contributed by atoms with van der Waals surface area (Å²) in [4.78, 5) is 35.2. The molecule has 0 aromatic carbocycles. The van der Waals surface area contributed by atoms with Crippen LogP contribution >= 0.6 is 7.82 Å². The summed E-state index contributed by atoms with van der Waals surface area (Å²) in [6, 6.07) is 0. The van der Waals surface area contributed by atoms with Crippen LogP contribution in [0.1, 0.15) is 219 Å². The molecule has 0 aliphatic heterocycles. The van der Waals surface area contributed by atoms with Crippen LogP contribution in [0.25, 0.3) is 0 Å². The van der Waals surface area contributed by atoms with Gasteiger partial charge in [-0.1, -0.05) is 220 Å². The first-order valence-corrected chi connectivity index (χ1v) is 28.9. The monoisotopic (exact) mass is 982 g/mol. The summed E-state index contributed by atoms with van der Waals surface area (Å²) in [5.41, 5.74) is 5.38. The van der Waals surface area contributed by atoms with Crippen molar-refractivity contribution < 1.29 is 37.6 Å². The van der Waals surface area contributed by atoms with Crippen LogP contribution in [0.15, 0.2) is 109 Å². The van der Waals surface area contributed by atoms with Crippen molar-refractivity contribution in [1.29, 1.82) is 0 Å². The van der Waals surface area contributed by atoms with Gasteiger partial charge < -0.3 is 20.1 Å². The maximum Gasteiger partial charge on any atom is 0.472 e. The number of unbranched alkanes of at least 4 members (excludes halogenated alkanes) is 19. The molecule has 9 nitrogen and oxygen atoms in total. The van der Waals surface area contributed by atoms with Crippen molar-refractivity contribution in [2.24, 2.45) is 5.73 Å². The lowest BCUT2D eigenvalue weighted by Crippen LogP contribution is -2.29. The summed E-state index contributed by atoms with van der Waals surface area (Å²) >= 11 is 0. The molecule has 10 heteroatoms. The van der Waals surface area contributed by atoms with Crippen molar-refractivity contribution in [2.75, 3.05) is 26.4 Å². The Morgan fingerprint density at radius 1 is 0.435 bits per heavy atom. The van der Waals surface area contributed by atoms with Crippen LogP contribution in [0.4, 0.5) is 0 Å². The van der Waals surface area contributed by atoms with Crippen molar-refractivity contribution in [3.05, 3.63) is 109 Å². The lowest BCUT2D eigenvalue weighted by atomic mass is 10.1. The average Bonchev–Trinajstić information content (AvgIpc) is 3.34. The second kappa shape index (κ2) is 54.0. The van der Waals surface area contributed by atoms with Gasteiger partial charge in [0.2, 0.25) is 0 Å². The van der Waals surface area contributed by atoms with Crippen LogP contribution < -0.4 is 5.73 Å². The van der Waals surface area contributed by atoms with Gasteiger partial charge in [0.15, 0.2) is 6.10 Å². The van der Waals surface area contributed by atoms with Gasteiger partial charge in [-0.15, -0.1) is 0 Å². The second-order valence-electron chi connectivity index (χ2n) is 17.7. The molecule has 0 fully saturated rings. The Kier molecular flexibility index (Phi) is 51.4. The van der Waals surface area contributed by atoms with Crippen LogP contribution in [0, 0.1) is 0 Å². The van der Waals surface area contributed by atoms with E-state index in [0.717, 1.165) is 116 Å². The van der Waals surface area contributed by atoms with Crippen molar-refractivity contribution in [1.82, 2.24) is 0 Å². The van der Waals surface area contributed by atoms with Gasteiger partial charge in [0, 0.05) is 19.4 Å². The molecule has 0 aliphatic rings. The molecule has 0 amide bonds. The highest BCUT2D eigenvalue weighted by atomic mass is 31.2. The fourth-order valence-electron chi connectivity index (χ4n) is 7.18. The lowest BCUT2D eigenvalue weighted by Gasteiger charge is -2.19. The third kappa shape index (κ3) is 53.9. The van der Waals surface area contributed by atoms with Gasteiger partial charge in [-0.2, -0.15) is 0 Å². The van der Waals surface area contributed by atoms with E-state index in [0.29, 0.717) is 6.42 Å². The molecule has 69 heavy (non-hydrogen) atoms. The molecule has 2 unspecified atom stereocenters. The fraction of sp³-hybridized carbons (Fsp3) is 0.661. The highest BCUT2D eigenvalue weighted by molar-refractivity contribution is 7.47. The number of nitrogens with two attached hydrogens (primary N) is 1. The van der Waals surface area contributed by atoms with E-state index in [1.54, 1.807) is 0 Å². The van der Waals surface area contributed by atoms with Gasteiger partial charge >= 0.3 is 19.8 Å². The van der Waals surface area contributed by atoms with Crippen molar-refractivity contribution in [3.63, 3.8) is 0 Å². The summed E-state index contributed by atoms with van der Waals surface area (Å²) in [6.07, 6.45) is 72.7. The second-order valence-corrected chi connectivity index (χ2v) is 19.1. The molecule has 0 aromatic rings. The minimum atomic E-state index is -4.40. The molecule has 0 aliphatic carbocycles. The molecular formula is C59H100NO8P. The summed E-state index contributed by atoms with van der Waals surface area (Å²) in [7, 11) is -4.40. The number of ether oxygens (including phenoxy) is 2. The zero-order valence-corrected chi connectivity index (χ0v) is 44.6. The minimum absolute atomic E-state index is 0.0462. The minimum Gasteiger partial charge on any atom is -0.462 e. The molecule has 0 spiro atoms. The predicted molar refractivity (Wildman–Crippen MR) is 293 cm³/mol. The summed E-state index contributed by atoms with van der Waals surface area (Å²) in [5, 5.41) is 0. The van der Waals surface area contributed by atoms with Gasteiger partial charge in [0.05, 0.1) is 13.2 Å². The Morgan fingerprint density at radius 3 is 1.12 bits per heavy atom. The normalized spacial score (nSPS) is 14.0. The fourth-order valence-corrected chi connectivity index (χ4v) is 7.95. The first-order chi connectivity index (χ1) is 33.8. The van der Waals surface area contributed by atoms with E-state index in [-0.39, 0.29) is 32.6 Å². The molecule has 394 valence electrons. The Labute approximate surface area is 422 Å². The number of carbonyl (C=O) groups is 2. The summed E-state index contributed by atoms with van der Waals surface area (Å²) in [5.74, 6) is -0.845. The topological polar surface area (TPSA) is 134 Å². The number of esters is 2. The Bertz CT molecular complexity index is 1490. The standard InChI is InChI=1S/C59H100NO8P/c1-3-5-7-9-11-13-15-17-19-21-23-25-27-28-30-32-34-36-38-40-42-44-46-48-50-52-59(62)68-57(56-67-69(63,64)66-54-53-60)55-65-58(61)51-49-47-45-43-41-39-37-35-33-31-29-26-24-22-20-18-16-14-12-10-8-6-4-2/h5-8,11-14,17-20,23-26,28,30,57H,3-4,9-10,15-16,21-22,27,29,31-56,60H2,1-2H3,(H,63,64)/b7-5-,8-6-,13-11-,14-12-,19-17-,20-18-,25-23-,26-24-,30-28-. The summed E-state index contributed by atoms with van der Waals surface area (Å²) in [6.45, 7) is 3.50. The quantitative estimate of drug-likeness (QED) is 0.0264. The van der Waals surface area contributed by atoms with Crippen molar-refractivity contribution in [2.45, 2.75) is 225 Å². The smallest absolute Gasteiger partial charge is 0.462 e. The van der Waals surface area contributed by atoms with Gasteiger partial charge in [0.25, 0.3) is 0 Å². The first-order valence-electron chi connectivity index (χ1n) is 27.4. The zero-order valence-electron chi connectivity index (χ0n) is 43.8. The summed E-state index contributed by atoms with van der Waals surface area (Å²) < 4.78 is 33.0. The maximum atomic E-state index is 12.7. The van der Waals surface area contributed by atoms with Gasteiger partial charge in [0.1, 0.15) is 6.61 Å². The van der Waals surface area contributed by atoms with E-state index >= 15 is 0 Å². The van der Waals surface area contributed by atoms with E-state index in [9.17, 15) is 19.0 Å². The molecule has 0 bridgehead atoms. The molecule has 0 aromatic heterocycles. The zero-order chi connectivity index (χ0) is 50.2. The third-order valence-electron chi connectivity index (χ3n) is 11.2.